The predicted molar refractivity (Wildman–Crippen MR) is 90.2 cm³/mol. The summed E-state index contributed by atoms with van der Waals surface area (Å²) in [6, 6.07) is 7.83. The molecule has 2 rings (SSSR count). The summed E-state index contributed by atoms with van der Waals surface area (Å²) in [5.74, 6) is -1.87. The smallest absolute Gasteiger partial charge is 0.321 e. The van der Waals surface area contributed by atoms with E-state index in [0.29, 0.717) is 0 Å². The van der Waals surface area contributed by atoms with E-state index in [1.54, 1.807) is 0 Å². The molecule has 0 aromatic heterocycles. The molecule has 0 unspecified atom stereocenters. The van der Waals surface area contributed by atoms with Crippen molar-refractivity contribution in [3.05, 3.63) is 70.8 Å². The number of carbonyl (C=O) groups is 2. The minimum absolute atomic E-state index is 0.109. The maximum Gasteiger partial charge on any atom is 0.418 e. The number of rotatable bonds is 4. The van der Waals surface area contributed by atoms with E-state index in [2.05, 4.69) is 0 Å². The van der Waals surface area contributed by atoms with Gasteiger partial charge in [0.05, 0.1) is 22.4 Å². The fourth-order valence-corrected chi connectivity index (χ4v) is 2.29. The van der Waals surface area contributed by atoms with Crippen LogP contribution in [-0.4, -0.2) is 11.7 Å². The number of Topliss-reactive ketones (excluding diaryl/α,β-unsaturated/α-hetero) is 1. The third-order valence-electron chi connectivity index (χ3n) is 3.65. The van der Waals surface area contributed by atoms with Crippen molar-refractivity contribution in [1.29, 1.82) is 0 Å². The number of hydrogen-bond acceptors (Lipinski definition) is 2. The van der Waals surface area contributed by atoms with Gasteiger partial charge in [-0.3, -0.25) is 9.59 Å². The minimum atomic E-state index is -4.72. The Balaban J connectivity index is 2.34. The number of amides is 1. The molecule has 0 saturated heterocycles. The number of para-hydroxylation sites is 1. The average Bonchev–Trinajstić information content (AvgIpc) is 2.58. The third-order valence-corrected chi connectivity index (χ3v) is 3.65. The molecule has 0 aliphatic rings. The molecule has 2 aromatic carbocycles. The van der Waals surface area contributed by atoms with Crippen LogP contribution in [-0.2, 0) is 21.9 Å². The largest absolute Gasteiger partial charge is 0.418 e. The Morgan fingerprint density at radius 3 is 1.93 bits per heavy atom. The van der Waals surface area contributed by atoms with Crippen LogP contribution in [0.25, 0.3) is 6.08 Å². The summed E-state index contributed by atoms with van der Waals surface area (Å²) in [4.78, 5) is 24.1. The molecule has 0 bridgehead atoms. The molecule has 28 heavy (non-hydrogen) atoms. The Labute approximate surface area is 155 Å². The Morgan fingerprint density at radius 2 is 1.43 bits per heavy atom. The first kappa shape index (κ1) is 21.2. The van der Waals surface area contributed by atoms with Gasteiger partial charge in [-0.1, -0.05) is 24.3 Å². The maximum absolute atomic E-state index is 13.0. The van der Waals surface area contributed by atoms with Crippen LogP contribution in [0.4, 0.5) is 32.0 Å². The normalized spacial score (nSPS) is 12.6. The fraction of sp³-hybridized carbons (Fsp3) is 0.158. The number of hydrogen-bond donors (Lipinski definition) is 1. The Hall–Kier alpha value is -3.10. The molecule has 0 aliphatic heterocycles. The highest BCUT2D eigenvalue weighted by Gasteiger charge is 2.34. The van der Waals surface area contributed by atoms with Crippen molar-refractivity contribution in [3.8, 4) is 0 Å². The molecule has 1 amide bonds. The van der Waals surface area contributed by atoms with Crippen LogP contribution in [0.15, 0.2) is 54.1 Å². The van der Waals surface area contributed by atoms with Crippen molar-refractivity contribution in [3.63, 3.8) is 0 Å². The minimum Gasteiger partial charge on any atom is -0.321 e. The number of anilines is 1. The highest BCUT2D eigenvalue weighted by Crippen LogP contribution is 2.35. The molecule has 148 valence electrons. The van der Waals surface area contributed by atoms with Gasteiger partial charge in [-0.25, -0.2) is 0 Å². The molecule has 0 heterocycles. The van der Waals surface area contributed by atoms with E-state index < -0.39 is 46.4 Å². The number of alkyl halides is 6. The van der Waals surface area contributed by atoms with E-state index in [1.165, 1.54) is 6.07 Å². The van der Waals surface area contributed by atoms with Gasteiger partial charge in [0.25, 0.3) is 5.91 Å². The van der Waals surface area contributed by atoms with Gasteiger partial charge in [0, 0.05) is 0 Å². The van der Waals surface area contributed by atoms with Gasteiger partial charge in [-0.15, -0.1) is 0 Å². The van der Waals surface area contributed by atoms with Gasteiger partial charge < -0.3 is 5.32 Å². The monoisotopic (exact) mass is 401 g/mol. The first-order valence-corrected chi connectivity index (χ1v) is 7.77. The summed E-state index contributed by atoms with van der Waals surface area (Å²) >= 11 is 0. The van der Waals surface area contributed by atoms with Crippen LogP contribution < -0.4 is 5.32 Å². The average molecular weight is 401 g/mol. The lowest BCUT2D eigenvalue weighted by molar-refractivity contribution is -0.138. The number of benzene rings is 2. The Kier molecular flexibility index (Phi) is 5.96. The van der Waals surface area contributed by atoms with E-state index in [1.807, 2.05) is 5.32 Å². The predicted octanol–water partition coefficient (Wildman–Crippen LogP) is 5.34. The summed E-state index contributed by atoms with van der Waals surface area (Å²) in [6.07, 6.45) is -8.27. The Morgan fingerprint density at radius 1 is 0.857 bits per heavy atom. The molecule has 2 aromatic rings. The topological polar surface area (TPSA) is 46.2 Å². The zero-order valence-corrected chi connectivity index (χ0v) is 14.3. The second-order valence-corrected chi connectivity index (χ2v) is 5.73. The second kappa shape index (κ2) is 7.87. The van der Waals surface area contributed by atoms with Crippen molar-refractivity contribution in [2.24, 2.45) is 0 Å². The Bertz CT molecular complexity index is 911. The lowest BCUT2D eigenvalue weighted by Crippen LogP contribution is -2.21. The van der Waals surface area contributed by atoms with Gasteiger partial charge in [-0.05, 0) is 42.8 Å². The van der Waals surface area contributed by atoms with Crippen LogP contribution >= 0.6 is 0 Å². The molecule has 0 atom stereocenters. The molecule has 9 heteroatoms. The molecule has 0 aliphatic carbocycles. The molecule has 1 N–H and O–H groups in total. The molecule has 0 spiro atoms. The lowest BCUT2D eigenvalue weighted by Gasteiger charge is -2.14. The first-order valence-electron chi connectivity index (χ1n) is 7.77. The van der Waals surface area contributed by atoms with Crippen LogP contribution in [0.1, 0.15) is 23.6 Å². The second-order valence-electron chi connectivity index (χ2n) is 5.73. The maximum atomic E-state index is 13.0. The highest BCUT2D eigenvalue weighted by atomic mass is 19.4. The van der Waals surface area contributed by atoms with Crippen LogP contribution in [0.3, 0.4) is 0 Å². The van der Waals surface area contributed by atoms with Gasteiger partial charge >= 0.3 is 12.4 Å². The molecular weight excluding hydrogens is 388 g/mol. The molecule has 0 fully saturated rings. The third kappa shape index (κ3) is 5.21. The van der Waals surface area contributed by atoms with E-state index in [4.69, 9.17) is 0 Å². The zero-order chi connectivity index (χ0) is 21.1. The van der Waals surface area contributed by atoms with Gasteiger partial charge in [0.2, 0.25) is 0 Å². The van der Waals surface area contributed by atoms with Crippen molar-refractivity contribution in [1.82, 2.24) is 0 Å². The van der Waals surface area contributed by atoms with Crippen molar-refractivity contribution >= 4 is 23.5 Å². The van der Waals surface area contributed by atoms with Crippen molar-refractivity contribution in [2.45, 2.75) is 19.3 Å². The van der Waals surface area contributed by atoms with Crippen molar-refractivity contribution in [2.75, 3.05) is 5.32 Å². The van der Waals surface area contributed by atoms with E-state index in [-0.39, 0.29) is 5.56 Å². The number of ketones is 1. The zero-order valence-electron chi connectivity index (χ0n) is 14.3. The number of halogens is 6. The highest BCUT2D eigenvalue weighted by molar-refractivity contribution is 6.25. The van der Waals surface area contributed by atoms with Crippen LogP contribution in [0.5, 0.6) is 0 Å². The summed E-state index contributed by atoms with van der Waals surface area (Å²) in [6.45, 7) is 1.02. The standard InChI is InChI=1S/C19H13F6NO2/c1-11(27)14(10-12-6-8-13(9-7-12)18(20,21)22)17(28)26-16-5-3-2-4-15(16)19(23,24)25/h2-10H,1H3,(H,26,28)/b14-10+. The van der Waals surface area contributed by atoms with E-state index in [9.17, 15) is 35.9 Å². The van der Waals surface area contributed by atoms with Gasteiger partial charge in [0.15, 0.2) is 5.78 Å². The number of nitrogens with one attached hydrogen (secondary N) is 1. The molecule has 0 radical (unpaired) electrons. The summed E-state index contributed by atoms with van der Waals surface area (Å²) < 4.78 is 76.8. The molecule has 3 nitrogen and oxygen atoms in total. The summed E-state index contributed by atoms with van der Waals surface area (Å²) in [5, 5.41) is 2.03. The first-order chi connectivity index (χ1) is 12.9. The van der Waals surface area contributed by atoms with Gasteiger partial charge in [-0.2, -0.15) is 26.3 Å². The van der Waals surface area contributed by atoms with Crippen molar-refractivity contribution < 1.29 is 35.9 Å². The molecular formula is C19H13F6NO2. The molecule has 0 saturated carbocycles. The fourth-order valence-electron chi connectivity index (χ4n) is 2.29. The van der Waals surface area contributed by atoms with Crippen LogP contribution in [0.2, 0.25) is 0 Å². The van der Waals surface area contributed by atoms with Gasteiger partial charge in [0.1, 0.15) is 0 Å². The summed E-state index contributed by atoms with van der Waals surface area (Å²) in [7, 11) is 0. The van der Waals surface area contributed by atoms with E-state index >= 15 is 0 Å². The SMILES string of the molecule is CC(=O)/C(=C\c1ccc(C(F)(F)F)cc1)C(=O)Nc1ccccc1C(F)(F)F. The number of carbonyl (C=O) groups excluding carboxylic acids is 2. The lowest BCUT2D eigenvalue weighted by atomic mass is 10.0. The summed E-state index contributed by atoms with van der Waals surface area (Å²) in [5.41, 5.74) is -2.95. The quantitative estimate of drug-likeness (QED) is 0.326. The van der Waals surface area contributed by atoms with Crippen LogP contribution in [0, 0.1) is 0 Å². The van der Waals surface area contributed by atoms with E-state index in [0.717, 1.165) is 55.5 Å².